The monoisotopic (exact) mass is 501 g/mol. The number of amides is 1. The number of Topliss-reactive ketones (excluding diaryl/α,β-unsaturated/α-hetero) is 1. The number of hydrogen-bond donors (Lipinski definition) is 1. The quantitative estimate of drug-likeness (QED) is 0.326. The van der Waals surface area contributed by atoms with Crippen LogP contribution in [0.5, 0.6) is 0 Å². The van der Waals surface area contributed by atoms with E-state index in [0.29, 0.717) is 31.9 Å². The highest BCUT2D eigenvalue weighted by Gasteiger charge is 2.45. The number of anilines is 1. The molecule has 1 N–H and O–H groups in total. The summed E-state index contributed by atoms with van der Waals surface area (Å²) in [5, 5.41) is 12.2. The van der Waals surface area contributed by atoms with Gasteiger partial charge in [0.2, 0.25) is 5.78 Å². The molecule has 0 saturated carbocycles. The van der Waals surface area contributed by atoms with E-state index < -0.39 is 23.5 Å². The first-order valence-electron chi connectivity index (χ1n) is 10.9. The molecule has 1 unspecified atom stereocenters. The van der Waals surface area contributed by atoms with Gasteiger partial charge < -0.3 is 5.11 Å². The van der Waals surface area contributed by atoms with Crippen molar-refractivity contribution in [2.24, 2.45) is 0 Å². The number of carbonyl (C=O) groups excluding carboxylic acids is 2. The van der Waals surface area contributed by atoms with Crippen molar-refractivity contribution in [1.29, 1.82) is 0 Å². The SMILES string of the molecule is Cc1ccc(N2C(=O)C(O)=C(C(=O)c3sc(-c4ccccc4)nc3C)C2c2cccnc2)cc1Cl. The van der Waals surface area contributed by atoms with Crippen LogP contribution in [-0.4, -0.2) is 26.8 Å². The molecule has 0 spiro atoms. The van der Waals surface area contributed by atoms with Gasteiger partial charge in [0.25, 0.3) is 5.91 Å². The summed E-state index contributed by atoms with van der Waals surface area (Å²) in [6, 6.07) is 17.4. The summed E-state index contributed by atoms with van der Waals surface area (Å²) in [5.41, 5.74) is 3.33. The fraction of sp³-hybridized carbons (Fsp3) is 0.111. The summed E-state index contributed by atoms with van der Waals surface area (Å²) in [5.74, 6) is -1.70. The number of halogens is 1. The second-order valence-electron chi connectivity index (χ2n) is 8.19. The van der Waals surface area contributed by atoms with E-state index in [1.54, 1.807) is 49.6 Å². The number of hydrogen-bond acceptors (Lipinski definition) is 6. The number of benzene rings is 2. The third-order valence-corrected chi connectivity index (χ3v) is 7.52. The minimum absolute atomic E-state index is 0.00828. The zero-order valence-electron chi connectivity index (χ0n) is 18.9. The van der Waals surface area contributed by atoms with Crippen LogP contribution >= 0.6 is 22.9 Å². The maximum Gasteiger partial charge on any atom is 0.294 e. The fourth-order valence-corrected chi connectivity index (χ4v) is 5.32. The van der Waals surface area contributed by atoms with Crippen molar-refractivity contribution in [3.63, 3.8) is 0 Å². The lowest BCUT2D eigenvalue weighted by Crippen LogP contribution is -2.31. The van der Waals surface area contributed by atoms with E-state index in [1.165, 1.54) is 16.2 Å². The Morgan fingerprint density at radius 1 is 1.09 bits per heavy atom. The maximum atomic E-state index is 13.9. The largest absolute Gasteiger partial charge is 0.503 e. The molecule has 4 aromatic rings. The predicted octanol–water partition coefficient (Wildman–Crippen LogP) is 6.26. The number of aromatic nitrogens is 2. The van der Waals surface area contributed by atoms with E-state index in [2.05, 4.69) is 9.97 Å². The van der Waals surface area contributed by atoms with E-state index in [4.69, 9.17) is 11.6 Å². The van der Waals surface area contributed by atoms with Gasteiger partial charge in [-0.15, -0.1) is 11.3 Å². The average molecular weight is 502 g/mol. The minimum Gasteiger partial charge on any atom is -0.503 e. The van der Waals surface area contributed by atoms with E-state index >= 15 is 0 Å². The number of thiazole rings is 1. The second kappa shape index (κ2) is 9.09. The van der Waals surface area contributed by atoms with Crippen molar-refractivity contribution >= 4 is 40.3 Å². The van der Waals surface area contributed by atoms with Crippen molar-refractivity contribution in [2.45, 2.75) is 19.9 Å². The van der Waals surface area contributed by atoms with Crippen LogP contribution in [-0.2, 0) is 4.79 Å². The molecule has 2 aromatic heterocycles. The predicted molar refractivity (Wildman–Crippen MR) is 137 cm³/mol. The first-order valence-corrected chi connectivity index (χ1v) is 12.1. The van der Waals surface area contributed by atoms with E-state index in [-0.39, 0.29) is 5.57 Å². The Morgan fingerprint density at radius 3 is 2.54 bits per heavy atom. The Balaban J connectivity index is 1.63. The van der Waals surface area contributed by atoms with Crippen LogP contribution in [0.25, 0.3) is 10.6 Å². The molecule has 1 aliphatic rings. The lowest BCUT2D eigenvalue weighted by atomic mass is 9.96. The van der Waals surface area contributed by atoms with Crippen molar-refractivity contribution in [2.75, 3.05) is 4.90 Å². The van der Waals surface area contributed by atoms with Gasteiger partial charge in [-0.1, -0.05) is 54.1 Å². The van der Waals surface area contributed by atoms with Crippen LogP contribution in [0.2, 0.25) is 5.02 Å². The Labute approximate surface area is 211 Å². The van der Waals surface area contributed by atoms with Gasteiger partial charge in [0.05, 0.1) is 22.2 Å². The topological polar surface area (TPSA) is 83.4 Å². The number of rotatable bonds is 5. The average Bonchev–Trinajstić information content (AvgIpc) is 3.39. The number of pyridine rings is 1. The third-order valence-electron chi connectivity index (χ3n) is 5.91. The molecule has 5 rings (SSSR count). The van der Waals surface area contributed by atoms with Crippen molar-refractivity contribution in [3.8, 4) is 10.6 Å². The van der Waals surface area contributed by atoms with Gasteiger partial charge in [-0.2, -0.15) is 0 Å². The third kappa shape index (κ3) is 4.03. The molecular formula is C27H20ClN3O3S. The van der Waals surface area contributed by atoms with Crippen LogP contribution < -0.4 is 4.90 Å². The minimum atomic E-state index is -0.871. The van der Waals surface area contributed by atoms with Crippen LogP contribution in [0, 0.1) is 13.8 Å². The van der Waals surface area contributed by atoms with Crippen LogP contribution in [0.1, 0.15) is 32.5 Å². The molecule has 0 bridgehead atoms. The number of aliphatic hydroxyl groups excluding tert-OH is 1. The molecule has 2 aromatic carbocycles. The molecular weight excluding hydrogens is 482 g/mol. The number of ketones is 1. The Bertz CT molecular complexity index is 1480. The van der Waals surface area contributed by atoms with Crippen LogP contribution in [0.15, 0.2) is 84.4 Å². The van der Waals surface area contributed by atoms with E-state index in [0.717, 1.165) is 11.1 Å². The molecule has 8 heteroatoms. The Kier molecular flexibility index (Phi) is 5.96. The summed E-state index contributed by atoms with van der Waals surface area (Å²) < 4.78 is 0. The Morgan fingerprint density at radius 2 is 1.86 bits per heavy atom. The van der Waals surface area contributed by atoms with Gasteiger partial charge in [0, 0.05) is 28.7 Å². The lowest BCUT2D eigenvalue weighted by Gasteiger charge is -2.27. The molecule has 0 saturated heterocycles. The number of carbonyl (C=O) groups is 2. The molecule has 174 valence electrons. The zero-order chi connectivity index (χ0) is 24.7. The van der Waals surface area contributed by atoms with Crippen LogP contribution in [0.4, 0.5) is 5.69 Å². The molecule has 1 aliphatic heterocycles. The summed E-state index contributed by atoms with van der Waals surface area (Å²) in [6.45, 7) is 3.61. The molecule has 1 atom stereocenters. The summed E-state index contributed by atoms with van der Waals surface area (Å²) in [4.78, 5) is 37.7. The van der Waals surface area contributed by atoms with Gasteiger partial charge in [0.1, 0.15) is 5.01 Å². The summed E-state index contributed by atoms with van der Waals surface area (Å²) in [7, 11) is 0. The summed E-state index contributed by atoms with van der Waals surface area (Å²) in [6.07, 6.45) is 3.19. The normalized spacial score (nSPS) is 15.7. The first-order chi connectivity index (χ1) is 16.9. The molecule has 0 radical (unpaired) electrons. The highest BCUT2D eigenvalue weighted by atomic mass is 35.5. The van der Waals surface area contributed by atoms with Crippen molar-refractivity contribution in [3.05, 3.63) is 111 Å². The molecule has 35 heavy (non-hydrogen) atoms. The smallest absolute Gasteiger partial charge is 0.294 e. The number of aliphatic hydroxyl groups is 1. The maximum absolute atomic E-state index is 13.9. The van der Waals surface area contributed by atoms with Gasteiger partial charge in [0.15, 0.2) is 5.76 Å². The van der Waals surface area contributed by atoms with Crippen molar-refractivity contribution < 1.29 is 14.7 Å². The van der Waals surface area contributed by atoms with Gasteiger partial charge in [-0.05, 0) is 43.2 Å². The van der Waals surface area contributed by atoms with Crippen LogP contribution in [0.3, 0.4) is 0 Å². The van der Waals surface area contributed by atoms with Crippen molar-refractivity contribution in [1.82, 2.24) is 9.97 Å². The van der Waals surface area contributed by atoms with Gasteiger partial charge in [-0.25, -0.2) is 4.98 Å². The molecule has 6 nitrogen and oxygen atoms in total. The molecule has 0 aliphatic carbocycles. The summed E-state index contributed by atoms with van der Waals surface area (Å²) >= 11 is 7.58. The number of nitrogens with zero attached hydrogens (tertiary/aromatic N) is 3. The molecule has 1 amide bonds. The second-order valence-corrected chi connectivity index (χ2v) is 9.59. The first kappa shape index (κ1) is 23.0. The number of aryl methyl sites for hydroxylation is 2. The van der Waals surface area contributed by atoms with E-state index in [1.807, 2.05) is 37.3 Å². The standard InChI is InChI=1S/C27H20ClN3O3S/c1-15-10-11-19(13-20(15)28)31-22(18-9-6-12-29-14-18)21(24(33)27(31)34)23(32)25-16(2)30-26(35-25)17-7-4-3-5-8-17/h3-14,22,33H,1-2H3. The molecule has 0 fully saturated rings. The highest BCUT2D eigenvalue weighted by molar-refractivity contribution is 7.17. The zero-order valence-corrected chi connectivity index (χ0v) is 20.5. The molecule has 3 heterocycles. The highest BCUT2D eigenvalue weighted by Crippen LogP contribution is 2.43. The van der Waals surface area contributed by atoms with E-state index in [9.17, 15) is 14.7 Å². The van der Waals surface area contributed by atoms with Gasteiger partial charge in [-0.3, -0.25) is 19.5 Å². The lowest BCUT2D eigenvalue weighted by molar-refractivity contribution is -0.117. The Hall–Kier alpha value is -3.81. The van der Waals surface area contributed by atoms with Gasteiger partial charge >= 0.3 is 0 Å². The fourth-order valence-electron chi connectivity index (χ4n) is 4.12.